The summed E-state index contributed by atoms with van der Waals surface area (Å²) in [6, 6.07) is 8.07. The van der Waals surface area contributed by atoms with Crippen LogP contribution in [0.25, 0.3) is 0 Å². The Hall–Kier alpha value is -1.55. The maximum atomic E-state index is 11.8. The molecule has 1 aromatic rings. The fraction of sp³-hybridized carbons (Fsp3) is 0.533. The van der Waals surface area contributed by atoms with E-state index in [1.165, 1.54) is 0 Å². The van der Waals surface area contributed by atoms with Crippen molar-refractivity contribution in [2.45, 2.75) is 37.3 Å². The largest absolute Gasteiger partial charge is 0.394 e. The Labute approximate surface area is 133 Å². The highest BCUT2D eigenvalue weighted by Gasteiger charge is 2.44. The van der Waals surface area contributed by atoms with E-state index in [2.05, 4.69) is 5.32 Å². The number of nitrogens with one attached hydrogen (secondary N) is 1. The average molecular weight is 327 g/mol. The molecule has 8 nitrogen and oxygen atoms in total. The first kappa shape index (κ1) is 17.8. The third-order valence-corrected chi connectivity index (χ3v) is 3.57. The zero-order valence-electron chi connectivity index (χ0n) is 12.4. The van der Waals surface area contributed by atoms with Crippen LogP contribution in [0.5, 0.6) is 0 Å². The molecule has 1 aliphatic rings. The average Bonchev–Trinajstić information content (AvgIpc) is 2.56. The van der Waals surface area contributed by atoms with Gasteiger partial charge >= 0.3 is 0 Å². The molecule has 0 aliphatic carbocycles. The zero-order valence-corrected chi connectivity index (χ0v) is 12.4. The fourth-order valence-corrected chi connectivity index (χ4v) is 2.32. The first-order valence-corrected chi connectivity index (χ1v) is 7.24. The van der Waals surface area contributed by atoms with E-state index in [0.29, 0.717) is 0 Å². The van der Waals surface area contributed by atoms with Crippen molar-refractivity contribution >= 4 is 5.91 Å². The molecule has 0 spiro atoms. The molecule has 1 amide bonds. The SMILES string of the molecule is O=C(COCc1ccccc1)N[C@@H]1C(O)O[C@H](CO)[C@@H](O)[C@@H]1O. The zero-order chi connectivity index (χ0) is 16.8. The summed E-state index contributed by atoms with van der Waals surface area (Å²) in [4.78, 5) is 11.8. The molecular weight excluding hydrogens is 306 g/mol. The molecule has 0 bridgehead atoms. The summed E-state index contributed by atoms with van der Waals surface area (Å²) in [7, 11) is 0. The Morgan fingerprint density at radius 3 is 2.52 bits per heavy atom. The molecule has 1 fully saturated rings. The Morgan fingerprint density at radius 1 is 1.17 bits per heavy atom. The Bertz CT molecular complexity index is 498. The van der Waals surface area contributed by atoms with E-state index in [1.807, 2.05) is 30.3 Å². The van der Waals surface area contributed by atoms with Crippen LogP contribution < -0.4 is 5.32 Å². The second-order valence-corrected chi connectivity index (χ2v) is 5.30. The molecule has 0 saturated carbocycles. The standard InChI is InChI=1S/C15H21NO7/c17-6-10-13(19)14(20)12(15(21)23-10)16-11(18)8-22-7-9-4-2-1-3-5-9/h1-5,10,12-15,17,19-21H,6-8H2,(H,16,18)/t10-,12+,13-,14-,15?/m1/s1. The second-order valence-electron chi connectivity index (χ2n) is 5.30. The van der Waals surface area contributed by atoms with Crippen molar-refractivity contribution in [3.8, 4) is 0 Å². The van der Waals surface area contributed by atoms with Gasteiger partial charge in [-0.25, -0.2) is 0 Å². The fourth-order valence-electron chi connectivity index (χ4n) is 2.32. The summed E-state index contributed by atoms with van der Waals surface area (Å²) in [5, 5.41) is 40.7. The lowest BCUT2D eigenvalue weighted by Crippen LogP contribution is -2.64. The van der Waals surface area contributed by atoms with Gasteiger partial charge in [-0.05, 0) is 5.56 Å². The number of carbonyl (C=O) groups is 1. The minimum Gasteiger partial charge on any atom is -0.394 e. The number of aliphatic hydroxyl groups is 4. The van der Waals surface area contributed by atoms with E-state index < -0.39 is 43.2 Å². The van der Waals surface area contributed by atoms with Crippen molar-refractivity contribution in [3.05, 3.63) is 35.9 Å². The topological polar surface area (TPSA) is 128 Å². The van der Waals surface area contributed by atoms with Gasteiger partial charge in [0.15, 0.2) is 6.29 Å². The lowest BCUT2D eigenvalue weighted by atomic mass is 9.97. The van der Waals surface area contributed by atoms with E-state index in [-0.39, 0.29) is 13.2 Å². The highest BCUT2D eigenvalue weighted by molar-refractivity contribution is 5.77. The maximum Gasteiger partial charge on any atom is 0.246 e. The molecule has 8 heteroatoms. The molecule has 1 saturated heterocycles. The number of ether oxygens (including phenoxy) is 2. The van der Waals surface area contributed by atoms with Crippen molar-refractivity contribution in [2.24, 2.45) is 0 Å². The Kier molecular flexibility index (Phi) is 6.46. The predicted octanol–water partition coefficient (Wildman–Crippen LogP) is -1.88. The van der Waals surface area contributed by atoms with E-state index in [1.54, 1.807) is 0 Å². The van der Waals surface area contributed by atoms with Crippen molar-refractivity contribution in [1.29, 1.82) is 0 Å². The van der Waals surface area contributed by atoms with E-state index >= 15 is 0 Å². The lowest BCUT2D eigenvalue weighted by Gasteiger charge is -2.40. The Balaban J connectivity index is 1.80. The first-order chi connectivity index (χ1) is 11.0. The van der Waals surface area contributed by atoms with Crippen LogP contribution in [-0.2, 0) is 20.9 Å². The van der Waals surface area contributed by atoms with E-state index in [4.69, 9.17) is 14.6 Å². The molecule has 1 aliphatic heterocycles. The van der Waals surface area contributed by atoms with Crippen LogP contribution >= 0.6 is 0 Å². The van der Waals surface area contributed by atoms with Crippen LogP contribution in [0.2, 0.25) is 0 Å². The third-order valence-electron chi connectivity index (χ3n) is 3.57. The molecule has 5 N–H and O–H groups in total. The molecule has 0 radical (unpaired) electrons. The smallest absolute Gasteiger partial charge is 0.246 e. The molecule has 128 valence electrons. The lowest BCUT2D eigenvalue weighted by molar-refractivity contribution is -0.254. The van der Waals surface area contributed by atoms with Crippen molar-refractivity contribution in [3.63, 3.8) is 0 Å². The summed E-state index contributed by atoms with van der Waals surface area (Å²) >= 11 is 0. The number of hydrogen-bond donors (Lipinski definition) is 5. The predicted molar refractivity (Wildman–Crippen MR) is 78.0 cm³/mol. The number of rotatable bonds is 6. The van der Waals surface area contributed by atoms with Gasteiger partial charge in [0.05, 0.1) is 13.2 Å². The quantitative estimate of drug-likeness (QED) is 0.413. The highest BCUT2D eigenvalue weighted by Crippen LogP contribution is 2.19. The number of carbonyl (C=O) groups excluding carboxylic acids is 1. The molecule has 1 heterocycles. The van der Waals surface area contributed by atoms with Crippen LogP contribution in [0.3, 0.4) is 0 Å². The highest BCUT2D eigenvalue weighted by atomic mass is 16.6. The van der Waals surface area contributed by atoms with E-state index in [9.17, 15) is 20.1 Å². The Morgan fingerprint density at radius 2 is 1.87 bits per heavy atom. The maximum absolute atomic E-state index is 11.8. The van der Waals surface area contributed by atoms with Gasteiger partial charge in [0.2, 0.25) is 5.91 Å². The number of hydrogen-bond acceptors (Lipinski definition) is 7. The number of benzene rings is 1. The van der Waals surface area contributed by atoms with Gasteiger partial charge in [-0.15, -0.1) is 0 Å². The normalized spacial score (nSPS) is 30.9. The summed E-state index contributed by atoms with van der Waals surface area (Å²) in [5.41, 5.74) is 0.905. The molecule has 0 aromatic heterocycles. The molecular formula is C15H21NO7. The molecule has 5 atom stereocenters. The van der Waals surface area contributed by atoms with Crippen molar-refractivity contribution < 1.29 is 34.7 Å². The van der Waals surface area contributed by atoms with Crippen LogP contribution in [0, 0.1) is 0 Å². The van der Waals surface area contributed by atoms with Gasteiger partial charge < -0.3 is 35.2 Å². The van der Waals surface area contributed by atoms with Gasteiger partial charge in [-0.3, -0.25) is 4.79 Å². The van der Waals surface area contributed by atoms with Gasteiger partial charge in [0, 0.05) is 0 Å². The van der Waals surface area contributed by atoms with Crippen LogP contribution in [0.1, 0.15) is 5.56 Å². The van der Waals surface area contributed by atoms with Crippen LogP contribution in [-0.4, -0.2) is 70.2 Å². The molecule has 23 heavy (non-hydrogen) atoms. The minimum absolute atomic E-state index is 0.246. The van der Waals surface area contributed by atoms with Gasteiger partial charge in [-0.1, -0.05) is 30.3 Å². The summed E-state index contributed by atoms with van der Waals surface area (Å²) in [6.45, 7) is -0.587. The van der Waals surface area contributed by atoms with Crippen LogP contribution in [0.15, 0.2) is 30.3 Å². The summed E-state index contributed by atoms with van der Waals surface area (Å²) in [5.74, 6) is -0.567. The van der Waals surface area contributed by atoms with Crippen molar-refractivity contribution in [1.82, 2.24) is 5.32 Å². The van der Waals surface area contributed by atoms with Gasteiger partial charge in [-0.2, -0.15) is 0 Å². The minimum atomic E-state index is -1.54. The molecule has 1 unspecified atom stereocenters. The monoisotopic (exact) mass is 327 g/mol. The third kappa shape index (κ3) is 4.71. The number of amides is 1. The summed E-state index contributed by atoms with van der Waals surface area (Å²) < 4.78 is 10.2. The van der Waals surface area contributed by atoms with Gasteiger partial charge in [0.1, 0.15) is 31.0 Å². The molecule has 2 rings (SSSR count). The van der Waals surface area contributed by atoms with E-state index in [0.717, 1.165) is 5.56 Å². The summed E-state index contributed by atoms with van der Waals surface area (Å²) in [6.07, 6.45) is -5.53. The number of aliphatic hydroxyl groups excluding tert-OH is 4. The van der Waals surface area contributed by atoms with Crippen molar-refractivity contribution in [2.75, 3.05) is 13.2 Å². The second kappa shape index (κ2) is 8.34. The molecule has 1 aromatic carbocycles. The van der Waals surface area contributed by atoms with Gasteiger partial charge in [0.25, 0.3) is 0 Å². The first-order valence-electron chi connectivity index (χ1n) is 7.24. The van der Waals surface area contributed by atoms with Crippen LogP contribution in [0.4, 0.5) is 0 Å².